The van der Waals surface area contributed by atoms with Crippen LogP contribution in [0.4, 0.5) is 18.9 Å². The number of benzene rings is 1. The van der Waals surface area contributed by atoms with Gasteiger partial charge in [-0.2, -0.15) is 0 Å². The molecule has 2 rings (SSSR count). The van der Waals surface area contributed by atoms with E-state index in [1.807, 2.05) is 17.6 Å². The number of anilines is 1. The maximum Gasteiger partial charge on any atom is 0.313 e. The summed E-state index contributed by atoms with van der Waals surface area (Å²) in [4.78, 5) is 27.4. The van der Waals surface area contributed by atoms with Crippen LogP contribution in [0.2, 0.25) is 0 Å². The molecule has 2 N–H and O–H groups in total. The van der Waals surface area contributed by atoms with Gasteiger partial charge in [0, 0.05) is 41.9 Å². The lowest BCUT2D eigenvalue weighted by molar-refractivity contribution is -0.136. The quantitative estimate of drug-likeness (QED) is 0.660. The number of carbonyl (C=O) groups is 2. The summed E-state index contributed by atoms with van der Waals surface area (Å²) in [5.41, 5.74) is 0.520. The van der Waals surface area contributed by atoms with E-state index in [1.165, 1.54) is 11.3 Å². The predicted octanol–water partition coefficient (Wildman–Crippen LogP) is 2.17. The van der Waals surface area contributed by atoms with E-state index < -0.39 is 29.3 Å². The molecule has 0 unspecified atom stereocenters. The van der Waals surface area contributed by atoms with Crippen LogP contribution in [0.3, 0.4) is 0 Å². The summed E-state index contributed by atoms with van der Waals surface area (Å²) in [6.45, 7) is 2.03. The average molecular weight is 343 g/mol. The lowest BCUT2D eigenvalue weighted by Crippen LogP contribution is -2.36. The molecule has 0 fully saturated rings. The number of hydrogen-bond acceptors (Lipinski definition) is 4. The van der Waals surface area contributed by atoms with Crippen LogP contribution in [-0.4, -0.2) is 23.3 Å². The van der Waals surface area contributed by atoms with Crippen LogP contribution in [0, 0.1) is 24.4 Å². The molecule has 1 aromatic heterocycles. The van der Waals surface area contributed by atoms with Gasteiger partial charge >= 0.3 is 11.8 Å². The highest BCUT2D eigenvalue weighted by atomic mass is 32.1. The highest BCUT2D eigenvalue weighted by Crippen LogP contribution is 2.17. The van der Waals surface area contributed by atoms with E-state index in [4.69, 9.17) is 0 Å². The largest absolute Gasteiger partial charge is 0.347 e. The van der Waals surface area contributed by atoms with Crippen molar-refractivity contribution in [3.63, 3.8) is 0 Å². The van der Waals surface area contributed by atoms with Gasteiger partial charge in [0.15, 0.2) is 17.5 Å². The van der Waals surface area contributed by atoms with Gasteiger partial charge in [-0.15, -0.1) is 11.3 Å². The highest BCUT2D eigenvalue weighted by Gasteiger charge is 2.16. The number of rotatable bonds is 4. The average Bonchev–Trinajstić information content (AvgIpc) is 2.90. The highest BCUT2D eigenvalue weighted by molar-refractivity contribution is 7.09. The molecule has 0 aliphatic carbocycles. The molecule has 1 aromatic carbocycles. The molecule has 5 nitrogen and oxygen atoms in total. The SMILES string of the molecule is Cc1csc(CCNC(=O)C(=O)Nc2cc(F)c(F)c(F)c2)n1. The maximum absolute atomic E-state index is 13.0. The first-order chi connectivity index (χ1) is 10.9. The van der Waals surface area contributed by atoms with Crippen LogP contribution in [0.25, 0.3) is 0 Å². The number of hydrogen-bond donors (Lipinski definition) is 2. The number of aromatic nitrogens is 1. The number of thiazole rings is 1. The number of nitrogens with one attached hydrogen (secondary N) is 2. The Morgan fingerprint density at radius 1 is 1.17 bits per heavy atom. The Kier molecular flexibility index (Phi) is 5.32. The normalized spacial score (nSPS) is 10.4. The molecule has 0 atom stereocenters. The van der Waals surface area contributed by atoms with E-state index in [2.05, 4.69) is 10.3 Å². The van der Waals surface area contributed by atoms with E-state index in [0.717, 1.165) is 10.7 Å². The number of halogens is 3. The Bertz CT molecular complexity index is 726. The molecule has 1 heterocycles. The molecule has 23 heavy (non-hydrogen) atoms. The van der Waals surface area contributed by atoms with Gasteiger partial charge in [-0.05, 0) is 6.92 Å². The van der Waals surface area contributed by atoms with Crippen LogP contribution in [0.5, 0.6) is 0 Å². The van der Waals surface area contributed by atoms with Gasteiger partial charge in [-0.1, -0.05) is 0 Å². The van der Waals surface area contributed by atoms with E-state index in [9.17, 15) is 22.8 Å². The minimum Gasteiger partial charge on any atom is -0.347 e. The van der Waals surface area contributed by atoms with Crippen LogP contribution >= 0.6 is 11.3 Å². The molecule has 0 bridgehead atoms. The zero-order valence-electron chi connectivity index (χ0n) is 12.0. The molecule has 0 spiro atoms. The molecular weight excluding hydrogens is 331 g/mol. The van der Waals surface area contributed by atoms with Crippen LogP contribution < -0.4 is 10.6 Å². The van der Waals surface area contributed by atoms with E-state index in [1.54, 1.807) is 0 Å². The van der Waals surface area contributed by atoms with Gasteiger partial charge in [0.05, 0.1) is 5.01 Å². The van der Waals surface area contributed by atoms with Crippen LogP contribution in [-0.2, 0) is 16.0 Å². The van der Waals surface area contributed by atoms with Crippen molar-refractivity contribution in [1.29, 1.82) is 0 Å². The fourth-order valence-electron chi connectivity index (χ4n) is 1.70. The molecule has 2 aromatic rings. The first-order valence-corrected chi connectivity index (χ1v) is 7.39. The summed E-state index contributed by atoms with van der Waals surface area (Å²) < 4.78 is 38.8. The Hall–Kier alpha value is -2.42. The first-order valence-electron chi connectivity index (χ1n) is 6.51. The number of carbonyl (C=O) groups excluding carboxylic acids is 2. The van der Waals surface area contributed by atoms with Gasteiger partial charge in [0.25, 0.3) is 0 Å². The van der Waals surface area contributed by atoms with E-state index in [0.29, 0.717) is 18.6 Å². The van der Waals surface area contributed by atoms with Gasteiger partial charge < -0.3 is 10.6 Å². The summed E-state index contributed by atoms with van der Waals surface area (Å²) in [5.74, 6) is -6.64. The Morgan fingerprint density at radius 3 is 2.39 bits per heavy atom. The molecule has 0 radical (unpaired) electrons. The Morgan fingerprint density at radius 2 is 1.83 bits per heavy atom. The van der Waals surface area contributed by atoms with Crippen molar-refractivity contribution in [2.75, 3.05) is 11.9 Å². The van der Waals surface area contributed by atoms with Crippen molar-refractivity contribution in [3.8, 4) is 0 Å². The van der Waals surface area contributed by atoms with Crippen molar-refractivity contribution >= 4 is 28.8 Å². The molecule has 2 amide bonds. The molecule has 0 aliphatic rings. The van der Waals surface area contributed by atoms with Crippen molar-refractivity contribution in [2.24, 2.45) is 0 Å². The summed E-state index contributed by atoms with van der Waals surface area (Å²) in [5, 5.41) is 7.02. The second-order valence-electron chi connectivity index (χ2n) is 4.60. The van der Waals surface area contributed by atoms with Gasteiger partial charge in [0.1, 0.15) is 0 Å². The fourth-order valence-corrected chi connectivity index (χ4v) is 2.47. The molecular formula is C14H12F3N3O2S. The van der Waals surface area contributed by atoms with Gasteiger partial charge in [0.2, 0.25) is 0 Å². The third kappa shape index (κ3) is 4.52. The molecule has 122 valence electrons. The van der Waals surface area contributed by atoms with E-state index >= 15 is 0 Å². The predicted molar refractivity (Wildman–Crippen MR) is 78.5 cm³/mol. The lowest BCUT2D eigenvalue weighted by atomic mass is 10.3. The third-order valence-corrected chi connectivity index (χ3v) is 3.77. The van der Waals surface area contributed by atoms with Gasteiger partial charge in [-0.25, -0.2) is 18.2 Å². The fraction of sp³-hybridized carbons (Fsp3) is 0.214. The minimum absolute atomic E-state index is 0.186. The monoisotopic (exact) mass is 343 g/mol. The summed E-state index contributed by atoms with van der Waals surface area (Å²) in [6.07, 6.45) is 0.456. The third-order valence-electron chi connectivity index (χ3n) is 2.74. The number of aryl methyl sites for hydroxylation is 1. The first kappa shape index (κ1) is 16.9. The standard InChI is InChI=1S/C14H12F3N3O2S/c1-7-6-23-11(19-7)2-3-18-13(21)14(22)20-8-4-9(15)12(17)10(16)5-8/h4-6H,2-3H2,1H3,(H,18,21)(H,20,22). The zero-order chi connectivity index (χ0) is 17.0. The van der Waals surface area contributed by atoms with Crippen molar-refractivity contribution in [2.45, 2.75) is 13.3 Å². The van der Waals surface area contributed by atoms with Crippen LogP contribution in [0.1, 0.15) is 10.7 Å². The zero-order valence-corrected chi connectivity index (χ0v) is 12.8. The maximum atomic E-state index is 13.0. The second-order valence-corrected chi connectivity index (χ2v) is 5.54. The number of amides is 2. The molecule has 0 aliphatic heterocycles. The summed E-state index contributed by atoms with van der Waals surface area (Å²) in [7, 11) is 0. The molecule has 0 saturated carbocycles. The summed E-state index contributed by atoms with van der Waals surface area (Å²) in [6, 6.07) is 1.17. The van der Waals surface area contributed by atoms with Crippen molar-refractivity contribution in [1.82, 2.24) is 10.3 Å². The van der Waals surface area contributed by atoms with Crippen LogP contribution in [0.15, 0.2) is 17.5 Å². The second kappa shape index (κ2) is 7.23. The summed E-state index contributed by atoms with van der Waals surface area (Å²) >= 11 is 1.43. The number of nitrogens with zero attached hydrogens (tertiary/aromatic N) is 1. The van der Waals surface area contributed by atoms with Gasteiger partial charge in [-0.3, -0.25) is 9.59 Å². The topological polar surface area (TPSA) is 71.1 Å². The Labute approximate surface area is 133 Å². The lowest BCUT2D eigenvalue weighted by Gasteiger charge is -2.07. The van der Waals surface area contributed by atoms with Crippen molar-refractivity contribution < 1.29 is 22.8 Å². The molecule has 9 heteroatoms. The molecule has 0 saturated heterocycles. The minimum atomic E-state index is -1.65. The van der Waals surface area contributed by atoms with E-state index in [-0.39, 0.29) is 12.2 Å². The Balaban J connectivity index is 1.86. The smallest absolute Gasteiger partial charge is 0.313 e. The van der Waals surface area contributed by atoms with Crippen molar-refractivity contribution in [3.05, 3.63) is 45.7 Å².